The maximum absolute atomic E-state index is 6.12. The minimum atomic E-state index is 0.341. The molecule has 0 bridgehead atoms. The first-order chi connectivity index (χ1) is 10.6. The first kappa shape index (κ1) is 15.1. The lowest BCUT2D eigenvalue weighted by Gasteiger charge is -2.32. The first-order valence-corrected chi connectivity index (χ1v) is 8.05. The highest BCUT2D eigenvalue weighted by atomic mass is 16.5. The van der Waals surface area contributed by atoms with E-state index in [1.54, 1.807) is 0 Å². The summed E-state index contributed by atoms with van der Waals surface area (Å²) in [5.41, 5.74) is 3.85. The summed E-state index contributed by atoms with van der Waals surface area (Å²) in [5.74, 6) is 1.00. The van der Waals surface area contributed by atoms with Gasteiger partial charge in [-0.05, 0) is 44.4 Å². The topological polar surface area (TPSA) is 30.3 Å². The highest BCUT2D eigenvalue weighted by Crippen LogP contribution is 2.21. The van der Waals surface area contributed by atoms with Crippen LogP contribution in [0.2, 0.25) is 0 Å². The van der Waals surface area contributed by atoms with Crippen molar-refractivity contribution in [2.24, 2.45) is 7.05 Å². The van der Waals surface area contributed by atoms with Crippen molar-refractivity contribution >= 4 is 0 Å². The molecule has 118 valence electrons. The molecule has 1 saturated heterocycles. The van der Waals surface area contributed by atoms with E-state index in [-0.39, 0.29) is 0 Å². The molecule has 0 saturated carbocycles. The molecule has 1 aromatic carbocycles. The fraction of sp³-hybridized carbons (Fsp3) is 0.500. The van der Waals surface area contributed by atoms with Crippen molar-refractivity contribution in [1.82, 2.24) is 14.7 Å². The summed E-state index contributed by atoms with van der Waals surface area (Å²) in [4.78, 5) is 2.50. The van der Waals surface area contributed by atoms with Gasteiger partial charge < -0.3 is 4.74 Å². The van der Waals surface area contributed by atoms with E-state index in [0.29, 0.717) is 6.10 Å². The number of ether oxygens (including phenoxy) is 1. The van der Waals surface area contributed by atoms with Crippen LogP contribution in [0.5, 0.6) is 5.75 Å². The Labute approximate surface area is 132 Å². The van der Waals surface area contributed by atoms with Gasteiger partial charge in [-0.15, -0.1) is 0 Å². The van der Waals surface area contributed by atoms with Crippen LogP contribution in [0, 0.1) is 13.8 Å². The van der Waals surface area contributed by atoms with Crippen molar-refractivity contribution in [3.63, 3.8) is 0 Å². The summed E-state index contributed by atoms with van der Waals surface area (Å²) < 4.78 is 8.07. The van der Waals surface area contributed by atoms with Gasteiger partial charge >= 0.3 is 0 Å². The van der Waals surface area contributed by atoms with Crippen molar-refractivity contribution < 1.29 is 4.74 Å². The van der Waals surface area contributed by atoms with Gasteiger partial charge in [0.15, 0.2) is 0 Å². The van der Waals surface area contributed by atoms with E-state index < -0.39 is 0 Å². The smallest absolute Gasteiger partial charge is 0.119 e. The van der Waals surface area contributed by atoms with E-state index in [1.165, 1.54) is 16.8 Å². The molecule has 0 aliphatic carbocycles. The summed E-state index contributed by atoms with van der Waals surface area (Å²) in [6.07, 6.45) is 4.51. The summed E-state index contributed by atoms with van der Waals surface area (Å²) in [7, 11) is 2.00. The Balaban J connectivity index is 1.51. The molecule has 0 spiro atoms. The van der Waals surface area contributed by atoms with Gasteiger partial charge in [-0.2, -0.15) is 5.10 Å². The second-order valence-corrected chi connectivity index (χ2v) is 6.29. The normalized spacial score (nSPS) is 16.9. The van der Waals surface area contributed by atoms with Crippen LogP contribution in [0.15, 0.2) is 30.5 Å². The van der Waals surface area contributed by atoms with Gasteiger partial charge in [0.1, 0.15) is 11.9 Å². The minimum Gasteiger partial charge on any atom is -0.490 e. The molecule has 3 rings (SSSR count). The Morgan fingerprint density at radius 2 is 2.00 bits per heavy atom. The van der Waals surface area contributed by atoms with Crippen LogP contribution in [0.3, 0.4) is 0 Å². The fourth-order valence-electron chi connectivity index (χ4n) is 3.01. The van der Waals surface area contributed by atoms with Gasteiger partial charge in [0, 0.05) is 37.9 Å². The number of benzene rings is 1. The third kappa shape index (κ3) is 3.50. The second kappa shape index (κ2) is 6.53. The molecule has 2 aromatic rings. The van der Waals surface area contributed by atoms with Crippen molar-refractivity contribution in [3.8, 4) is 5.75 Å². The number of aromatic nitrogens is 2. The van der Waals surface area contributed by atoms with Gasteiger partial charge in [0.25, 0.3) is 0 Å². The summed E-state index contributed by atoms with van der Waals surface area (Å²) in [5, 5.41) is 4.33. The quantitative estimate of drug-likeness (QED) is 0.869. The van der Waals surface area contributed by atoms with Gasteiger partial charge in [-0.25, -0.2) is 0 Å². The predicted octanol–water partition coefficient (Wildman–Crippen LogP) is 3.08. The average Bonchev–Trinajstić information content (AvgIpc) is 2.81. The average molecular weight is 299 g/mol. The number of hydrogen-bond acceptors (Lipinski definition) is 3. The lowest BCUT2D eigenvalue weighted by molar-refractivity contribution is 0.0966. The number of piperidine rings is 1. The van der Waals surface area contributed by atoms with Crippen LogP contribution < -0.4 is 4.74 Å². The number of rotatable bonds is 4. The van der Waals surface area contributed by atoms with Gasteiger partial charge in [0.2, 0.25) is 0 Å². The number of likely N-dealkylation sites (tertiary alicyclic amines) is 1. The van der Waals surface area contributed by atoms with E-state index in [9.17, 15) is 0 Å². The van der Waals surface area contributed by atoms with Gasteiger partial charge in [0.05, 0.1) is 6.20 Å². The van der Waals surface area contributed by atoms with Crippen molar-refractivity contribution in [2.75, 3.05) is 13.1 Å². The highest BCUT2D eigenvalue weighted by Gasteiger charge is 2.21. The molecule has 0 radical (unpaired) electrons. The van der Waals surface area contributed by atoms with E-state index in [1.807, 2.05) is 17.9 Å². The summed E-state index contributed by atoms with van der Waals surface area (Å²) in [6.45, 7) is 7.41. The predicted molar refractivity (Wildman–Crippen MR) is 88.1 cm³/mol. The summed E-state index contributed by atoms with van der Waals surface area (Å²) in [6, 6.07) is 8.33. The van der Waals surface area contributed by atoms with Crippen LogP contribution in [-0.4, -0.2) is 33.9 Å². The molecule has 1 aliphatic heterocycles. The molecule has 1 aliphatic rings. The molecule has 0 unspecified atom stereocenters. The van der Waals surface area contributed by atoms with Crippen LogP contribution in [-0.2, 0) is 13.6 Å². The Hall–Kier alpha value is -1.81. The minimum absolute atomic E-state index is 0.341. The van der Waals surface area contributed by atoms with E-state index in [2.05, 4.69) is 48.1 Å². The molecule has 0 N–H and O–H groups in total. The Kier molecular flexibility index (Phi) is 4.48. The largest absolute Gasteiger partial charge is 0.490 e. The van der Waals surface area contributed by atoms with Crippen molar-refractivity contribution in [3.05, 3.63) is 47.3 Å². The van der Waals surface area contributed by atoms with Gasteiger partial charge in [-0.3, -0.25) is 9.58 Å². The lowest BCUT2D eigenvalue weighted by atomic mass is 10.1. The zero-order valence-corrected chi connectivity index (χ0v) is 13.7. The van der Waals surface area contributed by atoms with E-state index in [4.69, 9.17) is 4.74 Å². The van der Waals surface area contributed by atoms with E-state index in [0.717, 1.165) is 38.2 Å². The molecular weight excluding hydrogens is 274 g/mol. The van der Waals surface area contributed by atoms with Gasteiger partial charge in [-0.1, -0.05) is 12.1 Å². The Morgan fingerprint density at radius 1 is 1.23 bits per heavy atom. The number of aryl methyl sites for hydroxylation is 2. The molecule has 1 aromatic heterocycles. The third-order valence-electron chi connectivity index (χ3n) is 4.56. The molecule has 0 amide bonds. The Morgan fingerprint density at radius 3 is 2.64 bits per heavy atom. The molecule has 22 heavy (non-hydrogen) atoms. The molecule has 1 fully saturated rings. The summed E-state index contributed by atoms with van der Waals surface area (Å²) >= 11 is 0. The molecule has 2 heterocycles. The lowest BCUT2D eigenvalue weighted by Crippen LogP contribution is -2.37. The molecular formula is C18H25N3O. The zero-order chi connectivity index (χ0) is 15.5. The highest BCUT2D eigenvalue weighted by molar-refractivity contribution is 5.27. The molecule has 4 heteroatoms. The number of nitrogens with zero attached hydrogens (tertiary/aromatic N) is 3. The molecule has 4 nitrogen and oxygen atoms in total. The Bertz CT molecular complexity index is 627. The third-order valence-corrected chi connectivity index (χ3v) is 4.56. The van der Waals surface area contributed by atoms with E-state index >= 15 is 0 Å². The zero-order valence-electron chi connectivity index (χ0n) is 13.7. The molecule has 0 atom stereocenters. The monoisotopic (exact) mass is 299 g/mol. The van der Waals surface area contributed by atoms with Crippen LogP contribution in [0.4, 0.5) is 0 Å². The number of hydrogen-bond donors (Lipinski definition) is 0. The van der Waals surface area contributed by atoms with Crippen LogP contribution in [0.25, 0.3) is 0 Å². The van der Waals surface area contributed by atoms with Crippen molar-refractivity contribution in [2.45, 2.75) is 39.3 Å². The van der Waals surface area contributed by atoms with Crippen LogP contribution in [0.1, 0.15) is 29.7 Å². The van der Waals surface area contributed by atoms with Crippen molar-refractivity contribution in [1.29, 1.82) is 0 Å². The standard InChI is InChI=1S/C18H25N3O/c1-14-5-4-6-18(11-14)22-17-7-9-21(10-8-17)13-16-12-19-20(3)15(16)2/h4-6,11-12,17H,7-10,13H2,1-3H3. The SMILES string of the molecule is Cc1cccc(OC2CCN(Cc3cnn(C)c3C)CC2)c1. The maximum atomic E-state index is 6.12. The first-order valence-electron chi connectivity index (χ1n) is 8.05. The maximum Gasteiger partial charge on any atom is 0.119 e. The van der Waals surface area contributed by atoms with Crippen LogP contribution >= 0.6 is 0 Å². The second-order valence-electron chi connectivity index (χ2n) is 6.29. The fourth-order valence-corrected chi connectivity index (χ4v) is 3.01.